The summed E-state index contributed by atoms with van der Waals surface area (Å²) < 4.78 is 5.30. The molecule has 2 rings (SSSR count). The Morgan fingerprint density at radius 1 is 1.56 bits per heavy atom. The van der Waals surface area contributed by atoms with Crippen molar-refractivity contribution in [3.05, 3.63) is 17.2 Å². The van der Waals surface area contributed by atoms with Crippen LogP contribution in [0.1, 0.15) is 13.3 Å². The summed E-state index contributed by atoms with van der Waals surface area (Å²) in [6, 6.07) is 3.51. The topological polar surface area (TPSA) is 50.4 Å². The van der Waals surface area contributed by atoms with E-state index < -0.39 is 0 Å². The van der Waals surface area contributed by atoms with Gasteiger partial charge in [-0.3, -0.25) is 4.79 Å². The Balaban J connectivity index is 2.27. The molecule has 0 aliphatic carbocycles. The number of carbonyl (C=O) groups is 1. The lowest BCUT2D eigenvalue weighted by atomic mass is 10.2. The zero-order valence-electron chi connectivity index (χ0n) is 8.97. The molecule has 0 fully saturated rings. The Labute approximate surface area is 98.9 Å². The molecule has 1 aromatic carbocycles. The van der Waals surface area contributed by atoms with E-state index in [2.05, 4.69) is 17.6 Å². The summed E-state index contributed by atoms with van der Waals surface area (Å²) in [6.07, 6.45) is 1.02. The summed E-state index contributed by atoms with van der Waals surface area (Å²) in [5.41, 5.74) is 1.46. The van der Waals surface area contributed by atoms with Gasteiger partial charge in [0.05, 0.1) is 16.4 Å². The average Bonchev–Trinajstić information content (AvgIpc) is 2.26. The molecule has 0 bridgehead atoms. The molecule has 0 radical (unpaired) electrons. The molecule has 5 heteroatoms. The van der Waals surface area contributed by atoms with Crippen molar-refractivity contribution >= 4 is 28.9 Å². The van der Waals surface area contributed by atoms with Crippen molar-refractivity contribution in [2.45, 2.75) is 13.3 Å². The van der Waals surface area contributed by atoms with Gasteiger partial charge in [0.25, 0.3) is 5.91 Å². The second-order valence-electron chi connectivity index (χ2n) is 3.59. The van der Waals surface area contributed by atoms with Crippen LogP contribution in [0.3, 0.4) is 0 Å². The number of fused-ring (bicyclic) bond motifs is 1. The van der Waals surface area contributed by atoms with E-state index in [1.807, 2.05) is 6.07 Å². The predicted octanol–water partition coefficient (Wildman–Crippen LogP) is 2.49. The van der Waals surface area contributed by atoms with Crippen molar-refractivity contribution in [2.24, 2.45) is 0 Å². The van der Waals surface area contributed by atoms with Gasteiger partial charge in [0.2, 0.25) is 0 Å². The molecule has 0 saturated heterocycles. The number of hydrogen-bond donors (Lipinski definition) is 2. The van der Waals surface area contributed by atoms with Crippen LogP contribution in [0, 0.1) is 0 Å². The smallest absolute Gasteiger partial charge is 0.262 e. The highest BCUT2D eigenvalue weighted by Crippen LogP contribution is 2.36. The van der Waals surface area contributed by atoms with Gasteiger partial charge >= 0.3 is 0 Å². The second kappa shape index (κ2) is 4.61. The fourth-order valence-corrected chi connectivity index (χ4v) is 1.73. The van der Waals surface area contributed by atoms with E-state index in [4.69, 9.17) is 16.3 Å². The molecule has 0 spiro atoms. The maximum Gasteiger partial charge on any atom is 0.262 e. The Bertz CT molecular complexity index is 421. The number of rotatable bonds is 3. The van der Waals surface area contributed by atoms with E-state index >= 15 is 0 Å². The van der Waals surface area contributed by atoms with Crippen LogP contribution in [-0.4, -0.2) is 19.1 Å². The molecule has 0 aromatic heterocycles. The minimum atomic E-state index is -0.155. The maximum absolute atomic E-state index is 11.1. The normalized spacial score (nSPS) is 13.8. The molecule has 1 aliphatic rings. The molecule has 1 heterocycles. The van der Waals surface area contributed by atoms with Crippen LogP contribution >= 0.6 is 11.6 Å². The first-order chi connectivity index (χ1) is 7.70. The van der Waals surface area contributed by atoms with Gasteiger partial charge in [-0.1, -0.05) is 18.5 Å². The van der Waals surface area contributed by atoms with Crippen LogP contribution in [0.5, 0.6) is 5.75 Å². The van der Waals surface area contributed by atoms with Gasteiger partial charge in [-0.2, -0.15) is 0 Å². The molecule has 1 amide bonds. The molecule has 1 aliphatic heterocycles. The minimum Gasteiger partial charge on any atom is -0.482 e. The van der Waals surface area contributed by atoms with Crippen LogP contribution in [-0.2, 0) is 4.79 Å². The van der Waals surface area contributed by atoms with Crippen LogP contribution in [0.15, 0.2) is 12.1 Å². The second-order valence-corrected chi connectivity index (χ2v) is 4.00. The molecule has 86 valence electrons. The van der Waals surface area contributed by atoms with Gasteiger partial charge in [-0.15, -0.1) is 0 Å². The summed E-state index contributed by atoms with van der Waals surface area (Å²) in [5.74, 6) is 0.500. The number of amides is 1. The van der Waals surface area contributed by atoms with Gasteiger partial charge in [0, 0.05) is 12.6 Å². The summed E-state index contributed by atoms with van der Waals surface area (Å²) in [5, 5.41) is 6.49. The van der Waals surface area contributed by atoms with E-state index in [-0.39, 0.29) is 12.5 Å². The molecule has 2 N–H and O–H groups in total. The Kier molecular flexibility index (Phi) is 3.19. The van der Waals surface area contributed by atoms with Crippen LogP contribution in [0.2, 0.25) is 5.02 Å². The molecule has 1 aromatic rings. The monoisotopic (exact) mass is 240 g/mol. The Hall–Kier alpha value is -1.42. The first kappa shape index (κ1) is 11.1. The lowest BCUT2D eigenvalue weighted by molar-refractivity contribution is -0.118. The van der Waals surface area contributed by atoms with Crippen molar-refractivity contribution in [3.63, 3.8) is 0 Å². The highest BCUT2D eigenvalue weighted by Gasteiger charge is 2.17. The van der Waals surface area contributed by atoms with E-state index in [9.17, 15) is 4.79 Å². The van der Waals surface area contributed by atoms with Crippen molar-refractivity contribution in [1.82, 2.24) is 0 Å². The van der Waals surface area contributed by atoms with Crippen LogP contribution in [0.4, 0.5) is 11.4 Å². The standard InChI is InChI=1S/C11H13ClN2O2/c1-2-3-13-8-5-10-9(4-7(8)12)14-11(15)6-16-10/h4-5,13H,2-3,6H2,1H3,(H,14,15). The predicted molar refractivity (Wildman–Crippen MR) is 64.4 cm³/mol. The number of carbonyl (C=O) groups excluding carboxylic acids is 1. The summed E-state index contributed by atoms with van der Waals surface area (Å²) in [4.78, 5) is 11.1. The van der Waals surface area contributed by atoms with E-state index in [0.717, 1.165) is 18.7 Å². The summed E-state index contributed by atoms with van der Waals surface area (Å²) in [6.45, 7) is 2.99. The summed E-state index contributed by atoms with van der Waals surface area (Å²) >= 11 is 6.08. The molecule has 16 heavy (non-hydrogen) atoms. The highest BCUT2D eigenvalue weighted by atomic mass is 35.5. The fourth-order valence-electron chi connectivity index (χ4n) is 1.50. The van der Waals surface area contributed by atoms with Gasteiger partial charge < -0.3 is 15.4 Å². The van der Waals surface area contributed by atoms with Gasteiger partial charge in [-0.05, 0) is 12.5 Å². The zero-order chi connectivity index (χ0) is 11.5. The molecule has 0 unspecified atom stereocenters. The lowest BCUT2D eigenvalue weighted by Crippen LogP contribution is -2.25. The molecular formula is C11H13ClN2O2. The Morgan fingerprint density at radius 2 is 2.38 bits per heavy atom. The first-order valence-corrected chi connectivity index (χ1v) is 5.58. The third-order valence-electron chi connectivity index (χ3n) is 2.27. The van der Waals surface area contributed by atoms with Crippen molar-refractivity contribution < 1.29 is 9.53 Å². The third-order valence-corrected chi connectivity index (χ3v) is 2.58. The zero-order valence-corrected chi connectivity index (χ0v) is 9.73. The van der Waals surface area contributed by atoms with Crippen LogP contribution in [0.25, 0.3) is 0 Å². The van der Waals surface area contributed by atoms with Gasteiger partial charge in [0.1, 0.15) is 5.75 Å². The molecule has 0 saturated carbocycles. The molecule has 4 nitrogen and oxygen atoms in total. The van der Waals surface area contributed by atoms with Crippen LogP contribution < -0.4 is 15.4 Å². The number of halogens is 1. The third kappa shape index (κ3) is 2.22. The van der Waals surface area contributed by atoms with E-state index in [1.54, 1.807) is 6.07 Å². The van der Waals surface area contributed by atoms with E-state index in [1.165, 1.54) is 0 Å². The van der Waals surface area contributed by atoms with Crippen molar-refractivity contribution in [2.75, 3.05) is 23.8 Å². The Morgan fingerprint density at radius 3 is 3.12 bits per heavy atom. The largest absolute Gasteiger partial charge is 0.482 e. The fraction of sp³-hybridized carbons (Fsp3) is 0.364. The maximum atomic E-state index is 11.1. The number of anilines is 2. The highest BCUT2D eigenvalue weighted by molar-refractivity contribution is 6.33. The lowest BCUT2D eigenvalue weighted by Gasteiger charge is -2.19. The van der Waals surface area contributed by atoms with Gasteiger partial charge in [-0.25, -0.2) is 0 Å². The number of benzene rings is 1. The van der Waals surface area contributed by atoms with E-state index in [0.29, 0.717) is 16.5 Å². The number of ether oxygens (including phenoxy) is 1. The number of nitrogens with one attached hydrogen (secondary N) is 2. The van der Waals surface area contributed by atoms with Gasteiger partial charge in [0.15, 0.2) is 6.61 Å². The minimum absolute atomic E-state index is 0.0574. The van der Waals surface area contributed by atoms with Crippen molar-refractivity contribution in [3.8, 4) is 5.75 Å². The van der Waals surface area contributed by atoms with Crippen molar-refractivity contribution in [1.29, 1.82) is 0 Å². The number of hydrogen-bond acceptors (Lipinski definition) is 3. The quantitative estimate of drug-likeness (QED) is 0.854. The molecular weight excluding hydrogens is 228 g/mol. The first-order valence-electron chi connectivity index (χ1n) is 5.20. The average molecular weight is 241 g/mol. The SMILES string of the molecule is CCCNc1cc2c(cc1Cl)NC(=O)CO2. The molecule has 0 atom stereocenters. The summed E-state index contributed by atoms with van der Waals surface area (Å²) in [7, 11) is 0.